The minimum Gasteiger partial charge on any atom is -0.330 e. The Morgan fingerprint density at radius 2 is 2.05 bits per heavy atom. The van der Waals surface area contributed by atoms with Gasteiger partial charge in [0.1, 0.15) is 4.90 Å². The minimum atomic E-state index is -3.66. The van der Waals surface area contributed by atoms with Gasteiger partial charge >= 0.3 is 0 Å². The molecule has 0 bridgehead atoms. The molecule has 2 atom stereocenters. The molecule has 0 spiro atoms. The van der Waals surface area contributed by atoms with Crippen molar-refractivity contribution in [2.75, 3.05) is 6.54 Å². The number of nitrogens with two attached hydrogens (primary N) is 1. The van der Waals surface area contributed by atoms with E-state index in [2.05, 4.69) is 4.72 Å². The van der Waals surface area contributed by atoms with Gasteiger partial charge in [-0.25, -0.2) is 13.1 Å². The molecule has 3 N–H and O–H groups in total. The van der Waals surface area contributed by atoms with E-state index in [1.54, 1.807) is 12.1 Å². The van der Waals surface area contributed by atoms with E-state index in [-0.39, 0.29) is 26.9 Å². The molecular weight excluding hydrogens is 307 g/mol. The number of benzene rings is 1. The Kier molecular flexibility index (Phi) is 4.74. The summed E-state index contributed by atoms with van der Waals surface area (Å²) in [6, 6.07) is 4.45. The minimum absolute atomic E-state index is 0.0179. The van der Waals surface area contributed by atoms with Crippen LogP contribution < -0.4 is 10.5 Å². The second kappa shape index (κ2) is 5.97. The summed E-state index contributed by atoms with van der Waals surface area (Å²) < 4.78 is 27.3. The van der Waals surface area contributed by atoms with Crippen molar-refractivity contribution in [3.05, 3.63) is 28.2 Å². The van der Waals surface area contributed by atoms with Gasteiger partial charge in [0.15, 0.2) is 0 Å². The molecule has 1 aromatic carbocycles. The molecule has 2 unspecified atom stereocenters. The van der Waals surface area contributed by atoms with Crippen LogP contribution in [0.3, 0.4) is 0 Å². The monoisotopic (exact) mass is 322 g/mol. The van der Waals surface area contributed by atoms with Gasteiger partial charge in [-0.1, -0.05) is 35.7 Å². The average Bonchev–Trinajstić information content (AvgIpc) is 2.78. The topological polar surface area (TPSA) is 72.2 Å². The fourth-order valence-corrected chi connectivity index (χ4v) is 4.53. The van der Waals surface area contributed by atoms with Crippen LogP contribution in [0.2, 0.25) is 10.0 Å². The van der Waals surface area contributed by atoms with Gasteiger partial charge in [0.05, 0.1) is 10.0 Å². The summed E-state index contributed by atoms with van der Waals surface area (Å²) in [5.41, 5.74) is 5.65. The smallest absolute Gasteiger partial charge is 0.242 e. The SMILES string of the molecule is NCC1CCCC1NS(=O)(=O)c1cccc(Cl)c1Cl. The zero-order chi connectivity index (χ0) is 14.0. The molecule has 1 aliphatic carbocycles. The fraction of sp³-hybridized carbons (Fsp3) is 0.500. The molecule has 106 valence electrons. The first-order valence-corrected chi connectivity index (χ1v) is 8.36. The lowest BCUT2D eigenvalue weighted by Gasteiger charge is -2.20. The lowest BCUT2D eigenvalue weighted by Crippen LogP contribution is -2.39. The maximum atomic E-state index is 12.3. The van der Waals surface area contributed by atoms with Crippen molar-refractivity contribution < 1.29 is 8.42 Å². The number of rotatable bonds is 4. The first-order chi connectivity index (χ1) is 8.95. The van der Waals surface area contributed by atoms with Crippen LogP contribution in [0.15, 0.2) is 23.1 Å². The van der Waals surface area contributed by atoms with Crippen LogP contribution in [0.5, 0.6) is 0 Å². The molecule has 7 heteroatoms. The highest BCUT2D eigenvalue weighted by Crippen LogP contribution is 2.31. The molecule has 0 amide bonds. The quantitative estimate of drug-likeness (QED) is 0.894. The van der Waals surface area contributed by atoms with E-state index in [1.807, 2.05) is 0 Å². The largest absolute Gasteiger partial charge is 0.330 e. The van der Waals surface area contributed by atoms with Gasteiger partial charge in [-0.05, 0) is 37.4 Å². The Bertz CT molecular complexity index is 563. The van der Waals surface area contributed by atoms with Gasteiger partial charge in [-0.2, -0.15) is 0 Å². The fourth-order valence-electron chi connectivity index (χ4n) is 2.43. The molecule has 4 nitrogen and oxygen atoms in total. The zero-order valence-corrected chi connectivity index (χ0v) is 12.6. The molecule has 1 aromatic rings. The van der Waals surface area contributed by atoms with E-state index >= 15 is 0 Å². The summed E-state index contributed by atoms with van der Waals surface area (Å²) in [7, 11) is -3.66. The van der Waals surface area contributed by atoms with Crippen molar-refractivity contribution in [3.63, 3.8) is 0 Å². The Labute approximate surface area is 123 Å². The van der Waals surface area contributed by atoms with E-state index in [4.69, 9.17) is 28.9 Å². The summed E-state index contributed by atoms with van der Waals surface area (Å²) >= 11 is 11.8. The van der Waals surface area contributed by atoms with Gasteiger partial charge in [-0.3, -0.25) is 0 Å². The van der Waals surface area contributed by atoms with E-state index < -0.39 is 10.0 Å². The molecular formula is C12H16Cl2N2O2S. The molecule has 1 aliphatic rings. The third-order valence-corrected chi connectivity index (χ3v) is 5.94. The van der Waals surface area contributed by atoms with Crippen LogP contribution in [0, 0.1) is 5.92 Å². The highest BCUT2D eigenvalue weighted by molar-refractivity contribution is 7.89. The molecule has 0 radical (unpaired) electrons. The summed E-state index contributed by atoms with van der Waals surface area (Å²) in [4.78, 5) is 0.0179. The first-order valence-electron chi connectivity index (χ1n) is 6.12. The van der Waals surface area contributed by atoms with Gasteiger partial charge < -0.3 is 5.73 Å². The summed E-state index contributed by atoms with van der Waals surface area (Å²) in [6.45, 7) is 0.483. The predicted molar refractivity (Wildman–Crippen MR) is 77.0 cm³/mol. The molecule has 1 saturated carbocycles. The summed E-state index contributed by atoms with van der Waals surface area (Å²) in [5, 5.41) is 0.283. The summed E-state index contributed by atoms with van der Waals surface area (Å²) in [6.07, 6.45) is 2.74. The van der Waals surface area contributed by atoms with E-state index in [9.17, 15) is 8.42 Å². The van der Waals surface area contributed by atoms with Crippen molar-refractivity contribution >= 4 is 33.2 Å². The molecule has 0 saturated heterocycles. The van der Waals surface area contributed by atoms with Crippen LogP contribution in [-0.4, -0.2) is 21.0 Å². The van der Waals surface area contributed by atoms with Crippen molar-refractivity contribution in [3.8, 4) is 0 Å². The third kappa shape index (κ3) is 3.23. The highest BCUT2D eigenvalue weighted by Gasteiger charge is 2.31. The average molecular weight is 323 g/mol. The Morgan fingerprint density at radius 1 is 1.32 bits per heavy atom. The van der Waals surface area contributed by atoms with E-state index in [0.29, 0.717) is 6.54 Å². The standard InChI is InChI=1S/C12H16Cl2N2O2S/c13-9-4-2-6-11(12(9)14)19(17,18)16-10-5-1-3-8(10)7-15/h2,4,6,8,10,16H,1,3,5,7,15H2. The highest BCUT2D eigenvalue weighted by atomic mass is 35.5. The molecule has 1 fully saturated rings. The maximum Gasteiger partial charge on any atom is 0.242 e. The first kappa shape index (κ1) is 15.1. The molecule has 2 rings (SSSR count). The number of hydrogen-bond donors (Lipinski definition) is 2. The van der Waals surface area contributed by atoms with Crippen molar-refractivity contribution in [1.82, 2.24) is 4.72 Å². The Balaban J connectivity index is 2.25. The normalized spacial score (nSPS) is 23.7. The Morgan fingerprint density at radius 3 is 2.74 bits per heavy atom. The third-order valence-electron chi connectivity index (χ3n) is 3.47. The van der Waals surface area contributed by atoms with Gasteiger partial charge in [0.25, 0.3) is 0 Å². The zero-order valence-electron chi connectivity index (χ0n) is 10.3. The van der Waals surface area contributed by atoms with Gasteiger partial charge in [0.2, 0.25) is 10.0 Å². The number of halogens is 2. The van der Waals surface area contributed by atoms with Crippen molar-refractivity contribution in [1.29, 1.82) is 0 Å². The van der Waals surface area contributed by atoms with E-state index in [0.717, 1.165) is 19.3 Å². The van der Waals surface area contributed by atoms with Gasteiger partial charge in [-0.15, -0.1) is 0 Å². The number of nitrogens with one attached hydrogen (secondary N) is 1. The summed E-state index contributed by atoms with van der Waals surface area (Å²) in [5.74, 6) is 0.188. The van der Waals surface area contributed by atoms with Crippen LogP contribution in [0.25, 0.3) is 0 Å². The van der Waals surface area contributed by atoms with E-state index in [1.165, 1.54) is 6.07 Å². The van der Waals surface area contributed by atoms with Crippen LogP contribution >= 0.6 is 23.2 Å². The Hall–Kier alpha value is -0.330. The molecule has 0 aromatic heterocycles. The van der Waals surface area contributed by atoms with Crippen LogP contribution in [-0.2, 0) is 10.0 Å². The molecule has 0 aliphatic heterocycles. The predicted octanol–water partition coefficient (Wildman–Crippen LogP) is 2.40. The lowest BCUT2D eigenvalue weighted by atomic mass is 10.1. The second-order valence-electron chi connectivity index (χ2n) is 4.71. The van der Waals surface area contributed by atoms with Crippen LogP contribution in [0.1, 0.15) is 19.3 Å². The van der Waals surface area contributed by atoms with Crippen molar-refractivity contribution in [2.24, 2.45) is 11.7 Å². The molecule has 19 heavy (non-hydrogen) atoms. The molecule has 0 heterocycles. The second-order valence-corrected chi connectivity index (χ2v) is 7.17. The maximum absolute atomic E-state index is 12.3. The van der Waals surface area contributed by atoms with Crippen molar-refractivity contribution in [2.45, 2.75) is 30.2 Å². The number of hydrogen-bond acceptors (Lipinski definition) is 3. The van der Waals surface area contributed by atoms with Gasteiger partial charge in [0, 0.05) is 6.04 Å². The lowest BCUT2D eigenvalue weighted by molar-refractivity contribution is 0.453. The number of sulfonamides is 1. The van der Waals surface area contributed by atoms with Crippen LogP contribution in [0.4, 0.5) is 0 Å².